The van der Waals surface area contributed by atoms with Crippen LogP contribution in [0.15, 0.2) is 12.4 Å². The second-order valence-corrected chi connectivity index (χ2v) is 3.30. The second-order valence-electron chi connectivity index (χ2n) is 3.30. The Kier molecular flexibility index (Phi) is 4.21. The molecule has 0 aliphatic rings. The maximum Gasteiger partial charge on any atom is 0.326 e. The third kappa shape index (κ3) is 4.33. The van der Waals surface area contributed by atoms with Crippen molar-refractivity contribution in [3.05, 3.63) is 12.4 Å². The van der Waals surface area contributed by atoms with Gasteiger partial charge >= 0.3 is 11.9 Å². The van der Waals surface area contributed by atoms with Crippen LogP contribution in [0.1, 0.15) is 12.8 Å². The van der Waals surface area contributed by atoms with Crippen molar-refractivity contribution in [1.82, 2.24) is 9.97 Å². The molecule has 1 aromatic heterocycles. The van der Waals surface area contributed by atoms with Gasteiger partial charge in [-0.2, -0.15) is 0 Å². The minimum Gasteiger partial charge on any atom is -0.481 e. The van der Waals surface area contributed by atoms with E-state index in [-0.39, 0.29) is 18.8 Å². The summed E-state index contributed by atoms with van der Waals surface area (Å²) < 4.78 is 0. The number of carboxylic acids is 2. The second kappa shape index (κ2) is 5.64. The van der Waals surface area contributed by atoms with Gasteiger partial charge in [-0.3, -0.25) is 4.79 Å². The van der Waals surface area contributed by atoms with Gasteiger partial charge in [0.1, 0.15) is 6.04 Å². The van der Waals surface area contributed by atoms with Crippen LogP contribution in [0.4, 0.5) is 11.6 Å². The van der Waals surface area contributed by atoms with Crippen LogP contribution in [0.2, 0.25) is 0 Å². The van der Waals surface area contributed by atoms with E-state index in [1.807, 2.05) is 0 Å². The lowest BCUT2D eigenvalue weighted by molar-refractivity contribution is -0.139. The first-order valence-corrected chi connectivity index (χ1v) is 4.77. The molecule has 0 bridgehead atoms. The lowest BCUT2D eigenvalue weighted by atomic mass is 10.1. The molecule has 0 aliphatic carbocycles. The van der Waals surface area contributed by atoms with Crippen LogP contribution in [0, 0.1) is 0 Å². The summed E-state index contributed by atoms with van der Waals surface area (Å²) in [6, 6.07) is -1.00. The van der Waals surface area contributed by atoms with Crippen LogP contribution < -0.4 is 11.1 Å². The number of nitrogens with one attached hydrogen (secondary N) is 1. The quantitative estimate of drug-likeness (QED) is 0.535. The Hall–Kier alpha value is -2.38. The fraction of sp³-hybridized carbons (Fsp3) is 0.333. The van der Waals surface area contributed by atoms with E-state index >= 15 is 0 Å². The van der Waals surface area contributed by atoms with E-state index < -0.39 is 18.0 Å². The monoisotopic (exact) mass is 240 g/mol. The van der Waals surface area contributed by atoms with Crippen LogP contribution in [-0.4, -0.2) is 38.2 Å². The van der Waals surface area contributed by atoms with Crippen molar-refractivity contribution in [3.63, 3.8) is 0 Å². The molecule has 8 heteroatoms. The summed E-state index contributed by atoms with van der Waals surface area (Å²) in [6.07, 6.45) is 2.40. The van der Waals surface area contributed by atoms with Gasteiger partial charge in [-0.1, -0.05) is 0 Å². The molecule has 0 spiro atoms. The predicted molar refractivity (Wildman–Crippen MR) is 58.4 cm³/mol. The molecule has 17 heavy (non-hydrogen) atoms. The maximum atomic E-state index is 10.9. The van der Waals surface area contributed by atoms with Gasteiger partial charge in [0.2, 0.25) is 5.95 Å². The molecule has 1 aromatic rings. The molecule has 1 heterocycles. The minimum atomic E-state index is -1.14. The maximum absolute atomic E-state index is 10.9. The first kappa shape index (κ1) is 12.7. The highest BCUT2D eigenvalue weighted by Gasteiger charge is 2.18. The van der Waals surface area contributed by atoms with Gasteiger partial charge in [0.25, 0.3) is 0 Å². The molecule has 0 saturated heterocycles. The third-order valence-electron chi connectivity index (χ3n) is 1.96. The van der Waals surface area contributed by atoms with Gasteiger partial charge in [-0.05, 0) is 6.42 Å². The first-order chi connectivity index (χ1) is 7.99. The molecular formula is C9H12N4O4. The molecular weight excluding hydrogens is 228 g/mol. The Balaban J connectivity index is 2.63. The van der Waals surface area contributed by atoms with E-state index in [4.69, 9.17) is 15.9 Å². The average molecular weight is 240 g/mol. The Morgan fingerprint density at radius 2 is 1.94 bits per heavy atom. The number of rotatable bonds is 6. The Morgan fingerprint density at radius 3 is 2.41 bits per heavy atom. The van der Waals surface area contributed by atoms with Crippen molar-refractivity contribution in [1.29, 1.82) is 0 Å². The number of carboxylic acid groups (broad SMARTS) is 2. The molecule has 0 aromatic carbocycles. The standard InChI is InChI=1S/C9H12N4O4/c10-9-11-3-5(4-12-9)13-6(8(16)17)1-2-7(14)15/h3-4,6,13H,1-2H2,(H,14,15)(H,16,17)(H2,10,11,12)/t6-/m0/s1. The van der Waals surface area contributed by atoms with E-state index in [1.54, 1.807) is 0 Å². The molecule has 1 atom stereocenters. The van der Waals surface area contributed by atoms with E-state index in [0.29, 0.717) is 5.69 Å². The van der Waals surface area contributed by atoms with Gasteiger partial charge in [-0.15, -0.1) is 0 Å². The van der Waals surface area contributed by atoms with Crippen LogP contribution in [-0.2, 0) is 9.59 Å². The Labute approximate surface area is 96.5 Å². The topological polar surface area (TPSA) is 138 Å². The molecule has 0 saturated carbocycles. The van der Waals surface area contributed by atoms with Crippen molar-refractivity contribution < 1.29 is 19.8 Å². The van der Waals surface area contributed by atoms with Crippen molar-refractivity contribution in [3.8, 4) is 0 Å². The summed E-state index contributed by atoms with van der Waals surface area (Å²) in [4.78, 5) is 28.6. The molecule has 0 aliphatic heterocycles. The Morgan fingerprint density at radius 1 is 1.35 bits per heavy atom. The number of nitrogens with two attached hydrogens (primary N) is 1. The fourth-order valence-corrected chi connectivity index (χ4v) is 1.14. The number of nitrogens with zero attached hydrogens (tertiary/aromatic N) is 2. The number of hydrogen-bond donors (Lipinski definition) is 4. The van der Waals surface area contributed by atoms with Crippen LogP contribution in [0.3, 0.4) is 0 Å². The molecule has 1 rings (SSSR count). The molecule has 0 unspecified atom stereocenters. The summed E-state index contributed by atoms with van der Waals surface area (Å²) in [6.45, 7) is 0. The highest BCUT2D eigenvalue weighted by molar-refractivity contribution is 5.78. The fourth-order valence-electron chi connectivity index (χ4n) is 1.14. The molecule has 8 nitrogen and oxygen atoms in total. The largest absolute Gasteiger partial charge is 0.481 e. The summed E-state index contributed by atoms with van der Waals surface area (Å²) in [5.74, 6) is -2.11. The lowest BCUT2D eigenvalue weighted by Crippen LogP contribution is -2.30. The van der Waals surface area contributed by atoms with Gasteiger partial charge in [0, 0.05) is 6.42 Å². The van der Waals surface area contributed by atoms with Crippen LogP contribution in [0.25, 0.3) is 0 Å². The van der Waals surface area contributed by atoms with Crippen LogP contribution >= 0.6 is 0 Å². The highest BCUT2D eigenvalue weighted by atomic mass is 16.4. The van der Waals surface area contributed by atoms with E-state index in [1.165, 1.54) is 12.4 Å². The zero-order chi connectivity index (χ0) is 12.8. The van der Waals surface area contributed by atoms with E-state index in [9.17, 15) is 9.59 Å². The summed E-state index contributed by atoms with van der Waals surface area (Å²) in [7, 11) is 0. The van der Waals surface area contributed by atoms with Crippen molar-refractivity contribution >= 4 is 23.6 Å². The van der Waals surface area contributed by atoms with E-state index in [2.05, 4.69) is 15.3 Å². The number of nitrogen functional groups attached to an aromatic ring is 1. The Bertz CT molecular complexity index is 406. The molecule has 0 fully saturated rings. The SMILES string of the molecule is Nc1ncc(N[C@@H](CCC(=O)O)C(=O)O)cn1. The third-order valence-corrected chi connectivity index (χ3v) is 1.96. The predicted octanol–water partition coefficient (Wildman–Crippen LogP) is -0.211. The molecule has 92 valence electrons. The van der Waals surface area contributed by atoms with Crippen LogP contribution in [0.5, 0.6) is 0 Å². The van der Waals surface area contributed by atoms with Gasteiger partial charge in [0.05, 0.1) is 18.1 Å². The lowest BCUT2D eigenvalue weighted by Gasteiger charge is -2.13. The summed E-state index contributed by atoms with van der Waals surface area (Å²) in [5, 5.41) is 20.0. The number of hydrogen-bond acceptors (Lipinski definition) is 6. The highest BCUT2D eigenvalue weighted by Crippen LogP contribution is 2.09. The normalized spacial score (nSPS) is 11.8. The van der Waals surface area contributed by atoms with Gasteiger partial charge in [-0.25, -0.2) is 14.8 Å². The van der Waals surface area contributed by atoms with Gasteiger partial charge in [0.15, 0.2) is 0 Å². The number of aliphatic carboxylic acids is 2. The minimum absolute atomic E-state index is 0.0327. The number of aromatic nitrogens is 2. The number of carbonyl (C=O) groups is 2. The first-order valence-electron chi connectivity index (χ1n) is 4.77. The van der Waals surface area contributed by atoms with Gasteiger partial charge < -0.3 is 21.3 Å². The number of anilines is 2. The average Bonchev–Trinajstić information content (AvgIpc) is 2.26. The smallest absolute Gasteiger partial charge is 0.326 e. The van der Waals surface area contributed by atoms with Crippen molar-refractivity contribution in [2.75, 3.05) is 11.1 Å². The molecule has 5 N–H and O–H groups in total. The summed E-state index contributed by atoms with van der Waals surface area (Å²) >= 11 is 0. The van der Waals surface area contributed by atoms with E-state index in [0.717, 1.165) is 0 Å². The van der Waals surface area contributed by atoms with Crippen molar-refractivity contribution in [2.45, 2.75) is 18.9 Å². The van der Waals surface area contributed by atoms with Crippen molar-refractivity contribution in [2.24, 2.45) is 0 Å². The molecule has 0 amide bonds. The molecule has 0 radical (unpaired) electrons. The zero-order valence-corrected chi connectivity index (χ0v) is 8.83. The summed E-state index contributed by atoms with van der Waals surface area (Å²) in [5.41, 5.74) is 5.64. The zero-order valence-electron chi connectivity index (χ0n) is 8.83.